The number of ether oxygens (including phenoxy) is 2. The number of nitrogen functional groups attached to an aromatic ring is 1. The summed E-state index contributed by atoms with van der Waals surface area (Å²) in [5, 5.41) is 6.64. The van der Waals surface area contributed by atoms with Gasteiger partial charge in [0.25, 0.3) is 0 Å². The molecule has 100 valence electrons. The van der Waals surface area contributed by atoms with Gasteiger partial charge in [-0.1, -0.05) is 0 Å². The van der Waals surface area contributed by atoms with E-state index in [-0.39, 0.29) is 18.4 Å². The van der Waals surface area contributed by atoms with Crippen LogP contribution < -0.4 is 11.1 Å². The van der Waals surface area contributed by atoms with Crippen molar-refractivity contribution in [3.63, 3.8) is 0 Å². The molecule has 1 aliphatic heterocycles. The Morgan fingerprint density at radius 2 is 2.61 bits per heavy atom. The monoisotopic (exact) mass is 255 g/mol. The summed E-state index contributed by atoms with van der Waals surface area (Å²) in [7, 11) is 1.62. The highest BCUT2D eigenvalue weighted by molar-refractivity contribution is 5.75. The summed E-state index contributed by atoms with van der Waals surface area (Å²) in [5.74, 6) is -0.0106. The van der Waals surface area contributed by atoms with Crippen molar-refractivity contribution in [2.45, 2.75) is 18.6 Å². The molecule has 0 aromatic carbocycles. The largest absolute Gasteiger partial charge is 0.378 e. The number of nitrogens with one attached hydrogen (secondary N) is 1. The van der Waals surface area contributed by atoms with Crippen LogP contribution in [-0.2, 0) is 20.8 Å². The molecule has 2 rings (SSSR count). The molecule has 1 saturated heterocycles. The van der Waals surface area contributed by atoms with Gasteiger partial charge >= 0.3 is 0 Å². The van der Waals surface area contributed by atoms with Gasteiger partial charge in [-0.25, -0.2) is 9.67 Å². The lowest BCUT2D eigenvalue weighted by atomic mass is 10.0. The van der Waals surface area contributed by atoms with E-state index < -0.39 is 5.60 Å². The van der Waals surface area contributed by atoms with Gasteiger partial charge in [0, 0.05) is 26.7 Å². The van der Waals surface area contributed by atoms with E-state index in [0.717, 1.165) is 6.42 Å². The summed E-state index contributed by atoms with van der Waals surface area (Å²) in [4.78, 5) is 15.4. The van der Waals surface area contributed by atoms with Crippen LogP contribution in [0.1, 0.15) is 6.42 Å². The molecule has 1 aliphatic rings. The normalized spacial score (nSPS) is 23.2. The van der Waals surface area contributed by atoms with E-state index in [1.807, 2.05) is 0 Å². The SMILES string of the molecule is COC1(CNC(=O)Cn2cnc(N)n2)CCOC1. The Morgan fingerprint density at radius 3 is 3.17 bits per heavy atom. The number of nitrogens with zero attached hydrogens (tertiary/aromatic N) is 3. The lowest BCUT2D eigenvalue weighted by molar-refractivity contribution is -0.123. The lowest BCUT2D eigenvalue weighted by Crippen LogP contribution is -2.45. The van der Waals surface area contributed by atoms with Crippen LogP contribution in [0, 0.1) is 0 Å². The van der Waals surface area contributed by atoms with E-state index in [0.29, 0.717) is 19.8 Å². The number of amides is 1. The molecule has 1 unspecified atom stereocenters. The molecule has 3 N–H and O–H groups in total. The van der Waals surface area contributed by atoms with Gasteiger partial charge in [0.15, 0.2) is 0 Å². The first-order valence-electron chi connectivity index (χ1n) is 5.68. The van der Waals surface area contributed by atoms with Crippen molar-refractivity contribution in [2.75, 3.05) is 32.6 Å². The molecule has 1 amide bonds. The van der Waals surface area contributed by atoms with Crippen LogP contribution in [0.3, 0.4) is 0 Å². The first-order chi connectivity index (χ1) is 8.63. The third-order valence-electron chi connectivity index (χ3n) is 2.97. The van der Waals surface area contributed by atoms with Crippen molar-refractivity contribution in [3.8, 4) is 0 Å². The van der Waals surface area contributed by atoms with Crippen LogP contribution in [-0.4, -0.2) is 53.1 Å². The van der Waals surface area contributed by atoms with E-state index in [1.54, 1.807) is 7.11 Å². The molecule has 0 bridgehead atoms. The van der Waals surface area contributed by atoms with Crippen LogP contribution in [0.5, 0.6) is 0 Å². The molecule has 8 heteroatoms. The summed E-state index contributed by atoms with van der Waals surface area (Å²) in [5.41, 5.74) is 4.95. The molecule has 1 aromatic heterocycles. The van der Waals surface area contributed by atoms with E-state index >= 15 is 0 Å². The summed E-state index contributed by atoms with van der Waals surface area (Å²) < 4.78 is 12.1. The van der Waals surface area contributed by atoms with Crippen LogP contribution in [0.15, 0.2) is 6.33 Å². The molecule has 1 fully saturated rings. The van der Waals surface area contributed by atoms with Gasteiger partial charge in [0.1, 0.15) is 18.5 Å². The van der Waals surface area contributed by atoms with Gasteiger partial charge in [0.2, 0.25) is 11.9 Å². The second-order valence-corrected chi connectivity index (χ2v) is 4.27. The van der Waals surface area contributed by atoms with Crippen LogP contribution in [0.4, 0.5) is 5.95 Å². The first kappa shape index (κ1) is 12.8. The molecule has 0 saturated carbocycles. The average Bonchev–Trinajstić information content (AvgIpc) is 2.97. The maximum atomic E-state index is 11.7. The zero-order chi connectivity index (χ0) is 13.0. The molecular formula is C10H17N5O3. The van der Waals surface area contributed by atoms with Gasteiger partial charge in [-0.15, -0.1) is 5.10 Å². The minimum atomic E-state index is -0.406. The minimum absolute atomic E-state index is 0.0881. The van der Waals surface area contributed by atoms with Crippen molar-refractivity contribution in [1.82, 2.24) is 20.1 Å². The summed E-state index contributed by atoms with van der Waals surface area (Å²) in [6.07, 6.45) is 2.19. The number of hydrogen-bond acceptors (Lipinski definition) is 6. The number of methoxy groups -OCH3 is 1. The highest BCUT2D eigenvalue weighted by Crippen LogP contribution is 2.21. The molecule has 0 radical (unpaired) electrons. The molecular weight excluding hydrogens is 238 g/mol. The second-order valence-electron chi connectivity index (χ2n) is 4.27. The van der Waals surface area contributed by atoms with Gasteiger partial charge in [-0.2, -0.15) is 0 Å². The number of carbonyl (C=O) groups is 1. The van der Waals surface area contributed by atoms with Gasteiger partial charge in [-0.3, -0.25) is 4.79 Å². The number of nitrogens with two attached hydrogens (primary N) is 1. The molecule has 0 aliphatic carbocycles. The van der Waals surface area contributed by atoms with Gasteiger partial charge < -0.3 is 20.5 Å². The van der Waals surface area contributed by atoms with E-state index in [4.69, 9.17) is 15.2 Å². The Bertz CT molecular complexity index is 413. The van der Waals surface area contributed by atoms with Crippen molar-refractivity contribution in [3.05, 3.63) is 6.33 Å². The first-order valence-corrected chi connectivity index (χ1v) is 5.68. The Labute approximate surface area is 104 Å². The minimum Gasteiger partial charge on any atom is -0.378 e. The highest BCUT2D eigenvalue weighted by atomic mass is 16.5. The van der Waals surface area contributed by atoms with E-state index in [9.17, 15) is 4.79 Å². The number of anilines is 1. The maximum Gasteiger partial charge on any atom is 0.241 e. The Morgan fingerprint density at radius 1 is 1.78 bits per heavy atom. The molecule has 1 aromatic rings. The Balaban J connectivity index is 1.81. The predicted octanol–water partition coefficient (Wildman–Crippen LogP) is -1.22. The third-order valence-corrected chi connectivity index (χ3v) is 2.97. The smallest absolute Gasteiger partial charge is 0.241 e. The van der Waals surface area contributed by atoms with Gasteiger partial charge in [0.05, 0.1) is 6.61 Å². The number of aromatic nitrogens is 3. The van der Waals surface area contributed by atoms with Crippen LogP contribution >= 0.6 is 0 Å². The molecule has 8 nitrogen and oxygen atoms in total. The average molecular weight is 255 g/mol. The zero-order valence-corrected chi connectivity index (χ0v) is 10.3. The molecule has 1 atom stereocenters. The van der Waals surface area contributed by atoms with Gasteiger partial charge in [-0.05, 0) is 0 Å². The third kappa shape index (κ3) is 2.96. The number of rotatable bonds is 5. The Kier molecular flexibility index (Phi) is 3.78. The van der Waals surface area contributed by atoms with Crippen LogP contribution in [0.2, 0.25) is 0 Å². The lowest BCUT2D eigenvalue weighted by Gasteiger charge is -2.25. The number of hydrogen-bond donors (Lipinski definition) is 2. The standard InChI is InChI=1S/C10H17N5O3/c1-17-10(2-3-18-6-10)5-12-8(16)4-15-7-13-9(11)14-15/h7H,2-6H2,1H3,(H2,11,14)(H,12,16). The van der Waals surface area contributed by atoms with Crippen molar-refractivity contribution >= 4 is 11.9 Å². The van der Waals surface area contributed by atoms with Crippen molar-refractivity contribution in [1.29, 1.82) is 0 Å². The summed E-state index contributed by atoms with van der Waals surface area (Å²) >= 11 is 0. The zero-order valence-electron chi connectivity index (χ0n) is 10.3. The van der Waals surface area contributed by atoms with Crippen LogP contribution in [0.25, 0.3) is 0 Å². The predicted molar refractivity (Wildman–Crippen MR) is 62.6 cm³/mol. The second kappa shape index (κ2) is 5.32. The summed E-state index contributed by atoms with van der Waals surface area (Å²) in [6, 6.07) is 0. The fraction of sp³-hybridized carbons (Fsp3) is 0.700. The molecule has 0 spiro atoms. The molecule has 2 heterocycles. The van der Waals surface area contributed by atoms with E-state index in [1.165, 1.54) is 11.0 Å². The fourth-order valence-corrected chi connectivity index (χ4v) is 1.81. The topological polar surface area (TPSA) is 104 Å². The fourth-order valence-electron chi connectivity index (χ4n) is 1.81. The number of carbonyl (C=O) groups excluding carboxylic acids is 1. The van der Waals surface area contributed by atoms with Crippen molar-refractivity contribution < 1.29 is 14.3 Å². The quantitative estimate of drug-likeness (QED) is 0.683. The summed E-state index contributed by atoms with van der Waals surface area (Å²) in [6.45, 7) is 1.67. The molecule has 18 heavy (non-hydrogen) atoms. The highest BCUT2D eigenvalue weighted by Gasteiger charge is 2.35. The Hall–Kier alpha value is -1.67. The van der Waals surface area contributed by atoms with Crippen molar-refractivity contribution in [2.24, 2.45) is 0 Å². The van der Waals surface area contributed by atoms with E-state index in [2.05, 4.69) is 15.4 Å². The maximum absolute atomic E-state index is 11.7.